The van der Waals surface area contributed by atoms with Gasteiger partial charge < -0.3 is 10.3 Å². The minimum absolute atomic E-state index is 0.110. The number of hydrogen-bond donors (Lipinski definition) is 1. The molecule has 1 heterocycles. The van der Waals surface area contributed by atoms with Crippen LogP contribution < -0.4 is 5.73 Å². The molecule has 0 aliphatic carbocycles. The van der Waals surface area contributed by atoms with E-state index in [1.165, 1.54) is 0 Å². The lowest BCUT2D eigenvalue weighted by Gasteiger charge is -2.11. The maximum absolute atomic E-state index is 8.91. The topological polar surface area (TPSA) is 91.4 Å². The molecule has 0 fully saturated rings. The van der Waals surface area contributed by atoms with Gasteiger partial charge >= 0.3 is 0 Å². The van der Waals surface area contributed by atoms with Crippen molar-refractivity contribution in [3.63, 3.8) is 0 Å². The largest absolute Gasteiger partial charge is 0.369 e. The number of nitrogens with two attached hydrogens (primary N) is 1. The molecule has 0 unspecified atom stereocenters. The highest BCUT2D eigenvalue weighted by molar-refractivity contribution is 5.43. The van der Waals surface area contributed by atoms with Gasteiger partial charge in [-0.2, -0.15) is 10.5 Å². The number of aromatic nitrogens is 2. The Morgan fingerprint density at radius 3 is 2.60 bits per heavy atom. The molecule has 5 nitrogen and oxygen atoms in total. The molecule has 1 aromatic heterocycles. The van der Waals surface area contributed by atoms with E-state index in [1.807, 2.05) is 12.1 Å². The molecule has 0 saturated carbocycles. The Balaban J connectivity index is 3.13. The Kier molecular flexibility index (Phi) is 3.30. The minimum atomic E-state index is 0.110. The van der Waals surface area contributed by atoms with E-state index in [1.54, 1.807) is 4.57 Å². The van der Waals surface area contributed by atoms with E-state index in [-0.39, 0.29) is 17.3 Å². The average molecular weight is 203 g/mol. The lowest BCUT2D eigenvalue weighted by molar-refractivity contribution is 0.470. The van der Waals surface area contributed by atoms with Crippen LogP contribution in [0.4, 0.5) is 5.95 Å². The molecule has 1 atom stereocenters. The number of nitrogen functional groups attached to an aromatic ring is 1. The Labute approximate surface area is 88.7 Å². The summed E-state index contributed by atoms with van der Waals surface area (Å²) in [5.74, 6) is 0.642. The number of nitrogens with zero attached hydrogens (tertiary/aromatic N) is 4. The van der Waals surface area contributed by atoms with Crippen LogP contribution in [0.5, 0.6) is 0 Å². The highest BCUT2D eigenvalue weighted by Crippen LogP contribution is 2.15. The molecule has 0 radical (unpaired) electrons. The van der Waals surface area contributed by atoms with Crippen molar-refractivity contribution in [3.8, 4) is 12.1 Å². The summed E-state index contributed by atoms with van der Waals surface area (Å²) in [6.07, 6.45) is 0.990. The standard InChI is InChI=1S/C10H13N5/c1-3-7(2)6-15-9(5-12)8(4-11)14-10(15)13/h7H,3,6H2,1-2H3,(H2,13,14)/t7-/m0/s1. The van der Waals surface area contributed by atoms with Crippen molar-refractivity contribution in [3.05, 3.63) is 11.4 Å². The van der Waals surface area contributed by atoms with E-state index in [4.69, 9.17) is 16.3 Å². The van der Waals surface area contributed by atoms with Crippen LogP contribution in [-0.4, -0.2) is 9.55 Å². The Morgan fingerprint density at radius 1 is 1.47 bits per heavy atom. The van der Waals surface area contributed by atoms with Crippen molar-refractivity contribution in [2.45, 2.75) is 26.8 Å². The van der Waals surface area contributed by atoms with Crippen molar-refractivity contribution in [1.29, 1.82) is 10.5 Å². The summed E-state index contributed by atoms with van der Waals surface area (Å²) in [6.45, 7) is 4.75. The van der Waals surface area contributed by atoms with Crippen LogP contribution in [0.1, 0.15) is 31.7 Å². The molecule has 0 amide bonds. The van der Waals surface area contributed by atoms with Gasteiger partial charge in [0, 0.05) is 6.54 Å². The van der Waals surface area contributed by atoms with Crippen LogP contribution in [0.2, 0.25) is 0 Å². The number of rotatable bonds is 3. The molecule has 1 rings (SSSR count). The molecular formula is C10H13N5. The average Bonchev–Trinajstić information content (AvgIpc) is 2.55. The van der Waals surface area contributed by atoms with Gasteiger partial charge in [0.1, 0.15) is 12.1 Å². The molecule has 0 aliphatic heterocycles. The van der Waals surface area contributed by atoms with E-state index < -0.39 is 0 Å². The molecular weight excluding hydrogens is 190 g/mol. The summed E-state index contributed by atoms with van der Waals surface area (Å²) in [4.78, 5) is 3.84. The van der Waals surface area contributed by atoms with Gasteiger partial charge in [0.05, 0.1) is 0 Å². The van der Waals surface area contributed by atoms with E-state index in [0.717, 1.165) is 6.42 Å². The zero-order valence-electron chi connectivity index (χ0n) is 8.86. The molecule has 0 spiro atoms. The van der Waals surface area contributed by atoms with Gasteiger partial charge in [0.15, 0.2) is 11.4 Å². The predicted molar refractivity (Wildman–Crippen MR) is 55.5 cm³/mol. The zero-order chi connectivity index (χ0) is 11.4. The first-order chi connectivity index (χ1) is 7.13. The number of imidazole rings is 1. The third-order valence-electron chi connectivity index (χ3n) is 2.40. The number of hydrogen-bond acceptors (Lipinski definition) is 4. The maximum Gasteiger partial charge on any atom is 0.202 e. The van der Waals surface area contributed by atoms with E-state index in [0.29, 0.717) is 12.5 Å². The smallest absolute Gasteiger partial charge is 0.202 e. The van der Waals surface area contributed by atoms with Gasteiger partial charge in [-0.25, -0.2) is 4.98 Å². The van der Waals surface area contributed by atoms with Crippen molar-refractivity contribution < 1.29 is 0 Å². The van der Waals surface area contributed by atoms with E-state index in [2.05, 4.69) is 18.8 Å². The lowest BCUT2D eigenvalue weighted by Crippen LogP contribution is -2.11. The van der Waals surface area contributed by atoms with Gasteiger partial charge in [-0.1, -0.05) is 20.3 Å². The fourth-order valence-electron chi connectivity index (χ4n) is 1.29. The van der Waals surface area contributed by atoms with Gasteiger partial charge in [0.2, 0.25) is 5.95 Å². The Hall–Kier alpha value is -2.01. The monoisotopic (exact) mass is 203 g/mol. The number of anilines is 1. The molecule has 0 bridgehead atoms. The normalized spacial score (nSPS) is 11.7. The Morgan fingerprint density at radius 2 is 2.13 bits per heavy atom. The van der Waals surface area contributed by atoms with Crippen molar-refractivity contribution in [1.82, 2.24) is 9.55 Å². The van der Waals surface area contributed by atoms with Crippen molar-refractivity contribution in [2.75, 3.05) is 5.73 Å². The van der Waals surface area contributed by atoms with Crippen molar-refractivity contribution in [2.24, 2.45) is 5.92 Å². The highest BCUT2D eigenvalue weighted by Gasteiger charge is 2.15. The molecule has 5 heteroatoms. The summed E-state index contributed by atoms with van der Waals surface area (Å²) >= 11 is 0. The summed E-state index contributed by atoms with van der Waals surface area (Å²) < 4.78 is 1.60. The SMILES string of the molecule is CC[C@H](C)Cn1c(N)nc(C#N)c1C#N. The van der Waals surface area contributed by atoms with Crippen LogP contribution in [0, 0.1) is 28.6 Å². The fraction of sp³-hybridized carbons (Fsp3) is 0.500. The molecule has 78 valence electrons. The summed E-state index contributed by atoms with van der Waals surface area (Å²) in [7, 11) is 0. The molecule has 15 heavy (non-hydrogen) atoms. The summed E-state index contributed by atoms with van der Waals surface area (Å²) in [6, 6.07) is 3.83. The van der Waals surface area contributed by atoms with E-state index >= 15 is 0 Å². The van der Waals surface area contributed by atoms with Crippen LogP contribution in [0.25, 0.3) is 0 Å². The fourth-order valence-corrected chi connectivity index (χ4v) is 1.29. The quantitative estimate of drug-likeness (QED) is 0.800. The first-order valence-electron chi connectivity index (χ1n) is 4.80. The zero-order valence-corrected chi connectivity index (χ0v) is 8.86. The first-order valence-corrected chi connectivity index (χ1v) is 4.80. The Bertz CT molecular complexity index is 432. The summed E-state index contributed by atoms with van der Waals surface area (Å²) in [5.41, 5.74) is 6.02. The highest BCUT2D eigenvalue weighted by atomic mass is 15.2. The first kappa shape index (κ1) is 11.1. The minimum Gasteiger partial charge on any atom is -0.369 e. The van der Waals surface area contributed by atoms with Crippen molar-refractivity contribution >= 4 is 5.95 Å². The molecule has 0 aromatic carbocycles. The summed E-state index contributed by atoms with van der Waals surface area (Å²) in [5, 5.41) is 17.7. The third-order valence-corrected chi connectivity index (χ3v) is 2.40. The number of nitriles is 2. The third kappa shape index (κ3) is 2.08. The molecule has 1 aromatic rings. The second kappa shape index (κ2) is 4.47. The van der Waals surface area contributed by atoms with E-state index in [9.17, 15) is 0 Å². The van der Waals surface area contributed by atoms with Crippen LogP contribution in [0.3, 0.4) is 0 Å². The van der Waals surface area contributed by atoms with Gasteiger partial charge in [-0.05, 0) is 5.92 Å². The van der Waals surface area contributed by atoms with Gasteiger partial charge in [-0.15, -0.1) is 0 Å². The second-order valence-corrected chi connectivity index (χ2v) is 3.51. The maximum atomic E-state index is 8.91. The van der Waals surface area contributed by atoms with Crippen LogP contribution in [0.15, 0.2) is 0 Å². The van der Waals surface area contributed by atoms with Gasteiger partial charge in [-0.3, -0.25) is 0 Å². The lowest BCUT2D eigenvalue weighted by atomic mass is 10.1. The second-order valence-electron chi connectivity index (χ2n) is 3.51. The van der Waals surface area contributed by atoms with Crippen LogP contribution in [-0.2, 0) is 6.54 Å². The predicted octanol–water partition coefficient (Wildman–Crippen LogP) is 1.25. The molecule has 2 N–H and O–H groups in total. The van der Waals surface area contributed by atoms with Crippen LogP contribution >= 0.6 is 0 Å². The molecule has 0 aliphatic rings. The molecule has 0 saturated heterocycles. The van der Waals surface area contributed by atoms with Gasteiger partial charge in [0.25, 0.3) is 0 Å².